The van der Waals surface area contributed by atoms with Crippen LogP contribution in [-0.2, 0) is 9.53 Å². The average molecular weight is 422 g/mol. The molecule has 0 saturated carbocycles. The summed E-state index contributed by atoms with van der Waals surface area (Å²) in [7, 11) is 1.49. The van der Waals surface area contributed by atoms with Gasteiger partial charge in [-0.05, 0) is 42.5 Å². The molecule has 0 atom stereocenters. The van der Waals surface area contributed by atoms with Crippen molar-refractivity contribution < 1.29 is 28.2 Å². The lowest BCUT2D eigenvalue weighted by molar-refractivity contribution is -0.123. The highest BCUT2D eigenvalue weighted by molar-refractivity contribution is 7.21. The molecule has 144 valence electrons. The second-order valence-electron chi connectivity index (χ2n) is 5.57. The summed E-state index contributed by atoms with van der Waals surface area (Å²) in [5.74, 6) is -2.16. The molecule has 9 heteroatoms. The Hall–Kier alpha value is -2.97. The normalized spacial score (nSPS) is 10.5. The first-order chi connectivity index (χ1) is 13.4. The standard InChI is InChI=1S/C19H13ClFNO5S/c1-26-12-5-2-10(3-6-12)18(24)22-15(23)9-27-19(25)17-16(20)13-7-4-11(21)8-14(13)28-17/h2-8H,9H2,1H3,(H,22,23,24). The van der Waals surface area contributed by atoms with Crippen LogP contribution in [-0.4, -0.2) is 31.5 Å². The van der Waals surface area contributed by atoms with Crippen LogP contribution in [0.25, 0.3) is 10.1 Å². The highest BCUT2D eigenvalue weighted by atomic mass is 35.5. The third-order valence-electron chi connectivity index (χ3n) is 3.72. The molecular weight excluding hydrogens is 409 g/mol. The van der Waals surface area contributed by atoms with E-state index in [2.05, 4.69) is 5.32 Å². The van der Waals surface area contributed by atoms with Crippen molar-refractivity contribution in [3.05, 3.63) is 63.7 Å². The van der Waals surface area contributed by atoms with Crippen LogP contribution in [0.3, 0.4) is 0 Å². The van der Waals surface area contributed by atoms with E-state index in [4.69, 9.17) is 21.1 Å². The maximum absolute atomic E-state index is 13.3. The van der Waals surface area contributed by atoms with Crippen molar-refractivity contribution in [3.63, 3.8) is 0 Å². The molecule has 0 fully saturated rings. The topological polar surface area (TPSA) is 81.7 Å². The predicted octanol–water partition coefficient (Wildman–Crippen LogP) is 3.82. The summed E-state index contributed by atoms with van der Waals surface area (Å²) in [5, 5.41) is 2.75. The number of thiophene rings is 1. The van der Waals surface area contributed by atoms with E-state index in [0.717, 1.165) is 11.3 Å². The van der Waals surface area contributed by atoms with Gasteiger partial charge in [-0.2, -0.15) is 0 Å². The fourth-order valence-corrected chi connectivity index (χ4v) is 3.77. The largest absolute Gasteiger partial charge is 0.497 e. The average Bonchev–Trinajstić information content (AvgIpc) is 3.02. The van der Waals surface area contributed by atoms with E-state index in [1.54, 1.807) is 12.1 Å². The van der Waals surface area contributed by atoms with Gasteiger partial charge in [0.15, 0.2) is 6.61 Å². The molecule has 0 aliphatic rings. The van der Waals surface area contributed by atoms with E-state index in [0.29, 0.717) is 15.8 Å². The molecule has 0 saturated heterocycles. The summed E-state index contributed by atoms with van der Waals surface area (Å²) in [6.45, 7) is -0.667. The van der Waals surface area contributed by atoms with E-state index in [9.17, 15) is 18.8 Å². The van der Waals surface area contributed by atoms with Crippen molar-refractivity contribution in [1.82, 2.24) is 5.32 Å². The summed E-state index contributed by atoms with van der Waals surface area (Å²) in [6.07, 6.45) is 0. The van der Waals surface area contributed by atoms with Gasteiger partial charge in [0.1, 0.15) is 16.4 Å². The maximum Gasteiger partial charge on any atom is 0.350 e. The molecule has 6 nitrogen and oxygen atoms in total. The maximum atomic E-state index is 13.3. The smallest absolute Gasteiger partial charge is 0.350 e. The summed E-state index contributed by atoms with van der Waals surface area (Å²) in [6, 6.07) is 10.1. The number of carbonyl (C=O) groups excluding carboxylic acids is 3. The van der Waals surface area contributed by atoms with Crippen LogP contribution in [0.5, 0.6) is 5.75 Å². The lowest BCUT2D eigenvalue weighted by Gasteiger charge is -2.06. The van der Waals surface area contributed by atoms with Crippen molar-refractivity contribution in [1.29, 1.82) is 0 Å². The van der Waals surface area contributed by atoms with E-state index in [-0.39, 0.29) is 15.5 Å². The Morgan fingerprint density at radius 1 is 1.14 bits per heavy atom. The molecule has 0 unspecified atom stereocenters. The van der Waals surface area contributed by atoms with E-state index in [1.165, 1.54) is 37.4 Å². The monoisotopic (exact) mass is 421 g/mol. The zero-order valence-corrected chi connectivity index (χ0v) is 16.0. The molecule has 0 bridgehead atoms. The van der Waals surface area contributed by atoms with Gasteiger partial charge in [-0.3, -0.25) is 14.9 Å². The molecule has 0 radical (unpaired) electrons. The summed E-state index contributed by atoms with van der Waals surface area (Å²) in [4.78, 5) is 36.1. The van der Waals surface area contributed by atoms with Gasteiger partial charge in [0.25, 0.3) is 11.8 Å². The molecule has 3 rings (SSSR count). The Bertz CT molecular complexity index is 1060. The minimum Gasteiger partial charge on any atom is -0.497 e. The number of hydrogen-bond acceptors (Lipinski definition) is 6. The molecule has 1 heterocycles. The van der Waals surface area contributed by atoms with Crippen LogP contribution < -0.4 is 10.1 Å². The molecule has 0 spiro atoms. The Balaban J connectivity index is 1.60. The molecule has 28 heavy (non-hydrogen) atoms. The van der Waals surface area contributed by atoms with E-state index in [1.807, 2.05) is 0 Å². The summed E-state index contributed by atoms with van der Waals surface area (Å²) >= 11 is 7.09. The number of fused-ring (bicyclic) bond motifs is 1. The number of benzene rings is 2. The first kappa shape index (κ1) is 19.8. The number of carbonyl (C=O) groups is 3. The SMILES string of the molecule is COc1ccc(C(=O)NC(=O)COC(=O)c2sc3cc(F)ccc3c2Cl)cc1. The highest BCUT2D eigenvalue weighted by Crippen LogP contribution is 2.36. The molecule has 1 aromatic heterocycles. The molecule has 3 aromatic rings. The first-order valence-corrected chi connectivity index (χ1v) is 9.11. The molecule has 1 N–H and O–H groups in total. The van der Waals surface area contributed by atoms with E-state index < -0.39 is 30.2 Å². The minimum absolute atomic E-state index is 0.0524. The lowest BCUT2D eigenvalue weighted by Crippen LogP contribution is -2.34. The second kappa shape index (κ2) is 8.37. The van der Waals surface area contributed by atoms with Gasteiger partial charge in [-0.15, -0.1) is 11.3 Å². The number of esters is 1. The quantitative estimate of drug-likeness (QED) is 0.633. The molecule has 2 amide bonds. The third-order valence-corrected chi connectivity index (χ3v) is 5.35. The summed E-state index contributed by atoms with van der Waals surface area (Å²) < 4.78 is 23.7. The van der Waals surface area contributed by atoms with Crippen molar-refractivity contribution in [2.75, 3.05) is 13.7 Å². The predicted molar refractivity (Wildman–Crippen MR) is 103 cm³/mol. The van der Waals surface area contributed by atoms with Gasteiger partial charge < -0.3 is 9.47 Å². The van der Waals surface area contributed by atoms with Gasteiger partial charge in [-0.1, -0.05) is 11.6 Å². The van der Waals surface area contributed by atoms with Crippen LogP contribution in [0.2, 0.25) is 5.02 Å². The number of halogens is 2. The fraction of sp³-hybridized carbons (Fsp3) is 0.105. The Labute approximate surface area is 167 Å². The van der Waals surface area contributed by atoms with Gasteiger partial charge >= 0.3 is 5.97 Å². The third kappa shape index (κ3) is 4.29. The molecule has 0 aliphatic heterocycles. The van der Waals surface area contributed by atoms with Crippen LogP contribution in [0.4, 0.5) is 4.39 Å². The number of hydrogen-bond donors (Lipinski definition) is 1. The van der Waals surface area contributed by atoms with Gasteiger partial charge in [-0.25, -0.2) is 9.18 Å². The lowest BCUT2D eigenvalue weighted by atomic mass is 10.2. The number of imide groups is 1. The Morgan fingerprint density at radius 3 is 2.54 bits per heavy atom. The van der Waals surface area contributed by atoms with Crippen LogP contribution in [0, 0.1) is 5.82 Å². The first-order valence-electron chi connectivity index (χ1n) is 7.92. The van der Waals surface area contributed by atoms with Crippen LogP contribution in [0.1, 0.15) is 20.0 Å². The van der Waals surface area contributed by atoms with Crippen molar-refractivity contribution in [3.8, 4) is 5.75 Å². The highest BCUT2D eigenvalue weighted by Gasteiger charge is 2.20. The number of nitrogens with one attached hydrogen (secondary N) is 1. The van der Waals surface area contributed by atoms with Crippen LogP contribution in [0.15, 0.2) is 42.5 Å². The van der Waals surface area contributed by atoms with Gasteiger partial charge in [0.2, 0.25) is 0 Å². The number of rotatable bonds is 5. The fourth-order valence-electron chi connectivity index (χ4n) is 2.34. The summed E-state index contributed by atoms with van der Waals surface area (Å²) in [5.41, 5.74) is 0.245. The minimum atomic E-state index is -0.835. The second-order valence-corrected chi connectivity index (χ2v) is 7.00. The number of amides is 2. The van der Waals surface area contributed by atoms with Crippen molar-refractivity contribution >= 4 is 50.8 Å². The number of methoxy groups -OCH3 is 1. The van der Waals surface area contributed by atoms with Gasteiger partial charge in [0.05, 0.1) is 12.1 Å². The molecular formula is C19H13ClFNO5S. The number of ether oxygens (including phenoxy) is 2. The Morgan fingerprint density at radius 2 is 1.86 bits per heavy atom. The van der Waals surface area contributed by atoms with Gasteiger partial charge in [0, 0.05) is 15.6 Å². The van der Waals surface area contributed by atoms with Crippen molar-refractivity contribution in [2.24, 2.45) is 0 Å². The zero-order chi connectivity index (χ0) is 20.3. The van der Waals surface area contributed by atoms with E-state index >= 15 is 0 Å². The van der Waals surface area contributed by atoms with Crippen LogP contribution >= 0.6 is 22.9 Å². The molecule has 0 aliphatic carbocycles. The molecule has 2 aromatic carbocycles. The zero-order valence-electron chi connectivity index (χ0n) is 14.5. The Kier molecular flexibility index (Phi) is 5.91. The van der Waals surface area contributed by atoms with Crippen molar-refractivity contribution in [2.45, 2.75) is 0 Å².